The molecule has 30 heavy (non-hydrogen) atoms. The Balaban J connectivity index is 1.69. The molecular weight excluding hydrogens is 438 g/mol. The summed E-state index contributed by atoms with van der Waals surface area (Å²) in [6.07, 6.45) is 6.09. The van der Waals surface area contributed by atoms with Gasteiger partial charge in [0.15, 0.2) is 6.23 Å². The van der Waals surface area contributed by atoms with Crippen molar-refractivity contribution in [1.82, 2.24) is 4.90 Å². The third kappa shape index (κ3) is 2.78. The van der Waals surface area contributed by atoms with Crippen LogP contribution in [-0.2, 0) is 0 Å². The molecule has 1 amide bonds. The minimum Gasteiger partial charge on any atom is -0.369 e. The molecule has 0 aromatic heterocycles. The second-order valence-corrected chi connectivity index (χ2v) is 9.96. The predicted molar refractivity (Wildman–Crippen MR) is 125 cm³/mol. The highest BCUT2D eigenvalue weighted by atomic mass is 79.9. The lowest BCUT2D eigenvalue weighted by atomic mass is 9.82. The highest BCUT2D eigenvalue weighted by molar-refractivity contribution is 9.10. The molecule has 4 heteroatoms. The van der Waals surface area contributed by atoms with Crippen molar-refractivity contribution in [3.63, 3.8) is 0 Å². The number of carbonyl (C=O) groups excluding carboxylic acids is 1. The van der Waals surface area contributed by atoms with E-state index < -0.39 is 6.23 Å². The Morgan fingerprint density at radius 1 is 1.03 bits per heavy atom. The predicted octanol–water partition coefficient (Wildman–Crippen LogP) is 6.50. The van der Waals surface area contributed by atoms with Gasteiger partial charge in [-0.2, -0.15) is 0 Å². The maximum Gasteiger partial charge on any atom is 0.257 e. The lowest BCUT2D eigenvalue weighted by Gasteiger charge is -2.40. The molecule has 1 aliphatic carbocycles. The standard InChI is InChI=1S/C26H24BrNO2/c1-26(2,3)15-11-13-16(14-12-15)28-24(29)20-10-6-9-19-21(20)22(25(28)30)17-7-4-5-8-18(17)23(19)27/h4-13,16,24,29H,14H2,1-3H3. The molecule has 1 aliphatic heterocycles. The van der Waals surface area contributed by atoms with Crippen molar-refractivity contribution >= 4 is 43.4 Å². The van der Waals surface area contributed by atoms with Crippen LogP contribution in [0.1, 0.15) is 49.3 Å². The smallest absolute Gasteiger partial charge is 0.257 e. The topological polar surface area (TPSA) is 40.5 Å². The third-order valence-corrected chi connectivity index (χ3v) is 7.16. The lowest BCUT2D eigenvalue weighted by Crippen LogP contribution is -2.45. The number of hydrogen-bond acceptors (Lipinski definition) is 2. The van der Waals surface area contributed by atoms with Gasteiger partial charge in [-0.15, -0.1) is 0 Å². The first-order valence-corrected chi connectivity index (χ1v) is 11.1. The fraction of sp³-hybridized carbons (Fsp3) is 0.269. The van der Waals surface area contributed by atoms with E-state index in [0.29, 0.717) is 12.0 Å². The van der Waals surface area contributed by atoms with E-state index in [9.17, 15) is 9.90 Å². The Bertz CT molecular complexity index is 1270. The summed E-state index contributed by atoms with van der Waals surface area (Å²) in [6, 6.07) is 13.7. The van der Waals surface area contributed by atoms with Crippen molar-refractivity contribution in [3.8, 4) is 0 Å². The van der Waals surface area contributed by atoms with E-state index in [4.69, 9.17) is 0 Å². The average molecular weight is 462 g/mol. The number of halogens is 1. The van der Waals surface area contributed by atoms with E-state index in [2.05, 4.69) is 54.9 Å². The summed E-state index contributed by atoms with van der Waals surface area (Å²) >= 11 is 3.74. The van der Waals surface area contributed by atoms with E-state index in [-0.39, 0.29) is 17.4 Å². The maximum absolute atomic E-state index is 13.8. The first-order chi connectivity index (χ1) is 14.3. The first kappa shape index (κ1) is 19.5. The Morgan fingerprint density at radius 3 is 2.40 bits per heavy atom. The highest BCUT2D eigenvalue weighted by Crippen LogP contribution is 2.45. The van der Waals surface area contributed by atoms with Crippen LogP contribution >= 0.6 is 15.9 Å². The Kier molecular flexibility index (Phi) is 4.42. The Hall–Kier alpha value is -2.43. The largest absolute Gasteiger partial charge is 0.369 e. The van der Waals surface area contributed by atoms with Gasteiger partial charge in [-0.05, 0) is 49.5 Å². The van der Waals surface area contributed by atoms with Gasteiger partial charge in [0.05, 0.1) is 11.6 Å². The number of aliphatic hydroxyl groups excluding tert-OH is 1. The van der Waals surface area contributed by atoms with E-state index in [1.165, 1.54) is 5.57 Å². The van der Waals surface area contributed by atoms with Crippen LogP contribution in [0, 0.1) is 5.41 Å². The number of rotatable bonds is 1. The van der Waals surface area contributed by atoms with Gasteiger partial charge in [-0.25, -0.2) is 0 Å². The van der Waals surface area contributed by atoms with Crippen LogP contribution in [0.3, 0.4) is 0 Å². The van der Waals surface area contributed by atoms with Crippen molar-refractivity contribution in [3.05, 3.63) is 81.9 Å². The summed E-state index contributed by atoms with van der Waals surface area (Å²) in [5.74, 6) is -0.114. The molecule has 2 atom stereocenters. The summed E-state index contributed by atoms with van der Waals surface area (Å²) < 4.78 is 0.961. The van der Waals surface area contributed by atoms with Crippen molar-refractivity contribution in [2.24, 2.45) is 5.41 Å². The first-order valence-electron chi connectivity index (χ1n) is 10.3. The molecule has 2 aliphatic rings. The summed E-state index contributed by atoms with van der Waals surface area (Å²) in [5.41, 5.74) is 2.79. The van der Waals surface area contributed by atoms with Gasteiger partial charge in [-0.1, -0.05) is 81.5 Å². The molecule has 0 spiro atoms. The number of hydrogen-bond donors (Lipinski definition) is 1. The van der Waals surface area contributed by atoms with Gasteiger partial charge in [0, 0.05) is 15.4 Å². The fourth-order valence-electron chi connectivity index (χ4n) is 4.74. The number of carbonyl (C=O) groups is 1. The summed E-state index contributed by atoms with van der Waals surface area (Å²) in [7, 11) is 0. The van der Waals surface area contributed by atoms with Gasteiger partial charge in [0.2, 0.25) is 0 Å². The van der Waals surface area contributed by atoms with Crippen LogP contribution in [0.4, 0.5) is 0 Å². The molecule has 0 bridgehead atoms. The van der Waals surface area contributed by atoms with E-state index in [0.717, 1.165) is 31.6 Å². The van der Waals surface area contributed by atoms with Crippen LogP contribution in [0.25, 0.3) is 21.5 Å². The van der Waals surface area contributed by atoms with Crippen molar-refractivity contribution in [2.45, 2.75) is 39.5 Å². The van der Waals surface area contributed by atoms with E-state index >= 15 is 0 Å². The Morgan fingerprint density at radius 2 is 1.73 bits per heavy atom. The van der Waals surface area contributed by atoms with Gasteiger partial charge in [0.25, 0.3) is 5.91 Å². The summed E-state index contributed by atoms with van der Waals surface area (Å²) in [4.78, 5) is 15.5. The molecule has 1 heterocycles. The quantitative estimate of drug-likeness (QED) is 0.419. The molecule has 3 aromatic carbocycles. The van der Waals surface area contributed by atoms with Crippen LogP contribution in [0.15, 0.2) is 70.7 Å². The number of allylic oxidation sites excluding steroid dienone is 2. The zero-order valence-electron chi connectivity index (χ0n) is 17.3. The van der Waals surface area contributed by atoms with Crippen LogP contribution in [-0.4, -0.2) is 22.0 Å². The summed E-state index contributed by atoms with van der Waals surface area (Å²) in [6.45, 7) is 6.56. The molecule has 0 fully saturated rings. The minimum atomic E-state index is -0.971. The molecule has 5 rings (SSSR count). The number of aliphatic hydroxyl groups is 1. The molecule has 0 saturated carbocycles. The minimum absolute atomic E-state index is 0.0622. The zero-order chi connectivity index (χ0) is 21.2. The molecule has 3 aromatic rings. The van der Waals surface area contributed by atoms with E-state index in [1.807, 2.05) is 42.5 Å². The second kappa shape index (κ2) is 6.79. The van der Waals surface area contributed by atoms with Crippen molar-refractivity contribution < 1.29 is 9.90 Å². The average Bonchev–Trinajstić information content (AvgIpc) is 2.73. The molecule has 0 radical (unpaired) electrons. The number of fused-ring (bicyclic) bond motifs is 2. The maximum atomic E-state index is 13.8. The zero-order valence-corrected chi connectivity index (χ0v) is 18.9. The number of amides is 1. The monoisotopic (exact) mass is 461 g/mol. The second-order valence-electron chi connectivity index (χ2n) is 9.16. The molecule has 2 unspecified atom stereocenters. The van der Waals surface area contributed by atoms with Crippen LogP contribution < -0.4 is 0 Å². The SMILES string of the molecule is CC(C)(C)C1=CCC(N2C(=O)c3c4ccccc4c(Br)c4cccc(c34)C2O)C=C1. The number of nitrogens with zero attached hydrogens (tertiary/aromatic N) is 1. The molecule has 0 saturated heterocycles. The van der Waals surface area contributed by atoms with E-state index in [1.54, 1.807) is 4.90 Å². The molecule has 152 valence electrons. The highest BCUT2D eigenvalue weighted by Gasteiger charge is 2.38. The molecular formula is C26H24BrNO2. The van der Waals surface area contributed by atoms with Gasteiger partial charge in [-0.3, -0.25) is 4.79 Å². The van der Waals surface area contributed by atoms with Crippen molar-refractivity contribution in [1.29, 1.82) is 0 Å². The molecule has 1 N–H and O–H groups in total. The van der Waals surface area contributed by atoms with Gasteiger partial charge < -0.3 is 10.0 Å². The van der Waals surface area contributed by atoms with Gasteiger partial charge >= 0.3 is 0 Å². The fourth-order valence-corrected chi connectivity index (χ4v) is 5.41. The van der Waals surface area contributed by atoms with Crippen LogP contribution in [0.2, 0.25) is 0 Å². The Labute approximate surface area is 184 Å². The third-order valence-electron chi connectivity index (χ3n) is 6.31. The number of benzene rings is 3. The van der Waals surface area contributed by atoms with Crippen LogP contribution in [0.5, 0.6) is 0 Å². The summed E-state index contributed by atoms with van der Waals surface area (Å²) in [5, 5.41) is 15.0. The van der Waals surface area contributed by atoms with Gasteiger partial charge in [0.1, 0.15) is 0 Å². The molecule has 3 nitrogen and oxygen atoms in total. The normalized spacial score (nSPS) is 21.4. The lowest BCUT2D eigenvalue weighted by molar-refractivity contribution is -0.00683. The van der Waals surface area contributed by atoms with Crippen molar-refractivity contribution in [2.75, 3.05) is 0 Å².